The molecule has 0 unspecified atom stereocenters. The van der Waals surface area contributed by atoms with E-state index < -0.39 is 5.91 Å². The third-order valence-electron chi connectivity index (χ3n) is 3.52. The molecule has 0 spiro atoms. The molecular formula is C18H20ClN3O4. The van der Waals surface area contributed by atoms with Gasteiger partial charge in [0.15, 0.2) is 11.5 Å². The minimum absolute atomic E-state index is 0.0225. The Balaban J connectivity index is 2.18. The highest BCUT2D eigenvalue weighted by Crippen LogP contribution is 2.35. The van der Waals surface area contributed by atoms with E-state index in [-0.39, 0.29) is 11.1 Å². The number of hydrogen-bond donors (Lipinski definition) is 1. The van der Waals surface area contributed by atoms with Gasteiger partial charge in [-0.15, -0.1) is 0 Å². The number of aromatic nitrogens is 1. The second kappa shape index (κ2) is 9.05. The van der Waals surface area contributed by atoms with Crippen LogP contribution in [0.2, 0.25) is 5.02 Å². The van der Waals surface area contributed by atoms with Crippen LogP contribution in [0.15, 0.2) is 40.4 Å². The van der Waals surface area contributed by atoms with Gasteiger partial charge in [0.05, 0.1) is 25.0 Å². The van der Waals surface area contributed by atoms with Crippen molar-refractivity contribution in [3.8, 4) is 11.5 Å². The Morgan fingerprint density at radius 1 is 1.38 bits per heavy atom. The number of benzene rings is 1. The first kappa shape index (κ1) is 19.5. The lowest BCUT2D eigenvalue weighted by atomic mass is 10.2. The Bertz CT molecular complexity index is 877. The van der Waals surface area contributed by atoms with Crippen molar-refractivity contribution in [1.29, 1.82) is 0 Å². The molecule has 8 heteroatoms. The zero-order valence-electron chi connectivity index (χ0n) is 14.8. The molecule has 0 aliphatic heterocycles. The van der Waals surface area contributed by atoms with Gasteiger partial charge >= 0.3 is 0 Å². The second-order valence-corrected chi connectivity index (χ2v) is 5.59. The van der Waals surface area contributed by atoms with E-state index in [1.165, 1.54) is 24.0 Å². The van der Waals surface area contributed by atoms with E-state index in [2.05, 4.69) is 10.5 Å². The van der Waals surface area contributed by atoms with Gasteiger partial charge in [-0.05, 0) is 43.7 Å². The van der Waals surface area contributed by atoms with Gasteiger partial charge in [-0.25, -0.2) is 5.43 Å². The highest BCUT2D eigenvalue weighted by molar-refractivity contribution is 6.32. The van der Waals surface area contributed by atoms with Gasteiger partial charge in [0, 0.05) is 12.7 Å². The molecule has 1 aromatic heterocycles. The fraction of sp³-hybridized carbons (Fsp3) is 0.278. The van der Waals surface area contributed by atoms with Crippen molar-refractivity contribution in [3.63, 3.8) is 0 Å². The summed E-state index contributed by atoms with van der Waals surface area (Å²) >= 11 is 6.16. The zero-order valence-corrected chi connectivity index (χ0v) is 15.5. The minimum atomic E-state index is -0.585. The number of carbonyl (C=O) groups excluding carboxylic acids is 1. The van der Waals surface area contributed by atoms with E-state index in [4.69, 9.17) is 21.1 Å². The quantitative estimate of drug-likeness (QED) is 0.594. The third kappa shape index (κ3) is 4.43. The molecule has 1 N–H and O–H groups in total. The van der Waals surface area contributed by atoms with Crippen LogP contribution < -0.4 is 20.5 Å². The van der Waals surface area contributed by atoms with E-state index in [1.54, 1.807) is 24.4 Å². The molecule has 0 radical (unpaired) electrons. The van der Waals surface area contributed by atoms with Gasteiger partial charge in [-0.1, -0.05) is 11.6 Å². The summed E-state index contributed by atoms with van der Waals surface area (Å²) in [4.78, 5) is 24.3. The highest BCUT2D eigenvalue weighted by atomic mass is 35.5. The number of aryl methyl sites for hydroxylation is 1. The summed E-state index contributed by atoms with van der Waals surface area (Å²) in [6.45, 7) is 4.59. The number of nitrogens with one attached hydrogen (secondary N) is 1. The van der Waals surface area contributed by atoms with Gasteiger partial charge in [0.2, 0.25) is 0 Å². The molecule has 2 aromatic rings. The molecule has 1 heterocycles. The Labute approximate surface area is 156 Å². The van der Waals surface area contributed by atoms with Crippen molar-refractivity contribution in [3.05, 3.63) is 57.0 Å². The SMILES string of the molecule is CCOc1cc(/C=N\NC(=O)c2cccn(CC)c2=O)cc(Cl)c1OC. The van der Waals surface area contributed by atoms with E-state index in [9.17, 15) is 9.59 Å². The zero-order chi connectivity index (χ0) is 19.1. The monoisotopic (exact) mass is 377 g/mol. The minimum Gasteiger partial charge on any atom is -0.491 e. The molecule has 0 saturated carbocycles. The number of rotatable bonds is 7. The van der Waals surface area contributed by atoms with Gasteiger partial charge in [-0.3, -0.25) is 9.59 Å². The van der Waals surface area contributed by atoms with Gasteiger partial charge < -0.3 is 14.0 Å². The molecule has 0 bridgehead atoms. The Kier molecular flexibility index (Phi) is 6.80. The molecule has 1 amide bonds. The normalized spacial score (nSPS) is 10.8. The Morgan fingerprint density at radius 3 is 2.81 bits per heavy atom. The van der Waals surface area contributed by atoms with E-state index in [0.29, 0.717) is 35.2 Å². The lowest BCUT2D eigenvalue weighted by molar-refractivity contribution is 0.0953. The molecular weight excluding hydrogens is 358 g/mol. The molecule has 7 nitrogen and oxygen atoms in total. The number of nitrogens with zero attached hydrogens (tertiary/aromatic N) is 2. The average molecular weight is 378 g/mol. The van der Waals surface area contributed by atoms with Gasteiger partial charge in [0.1, 0.15) is 5.56 Å². The van der Waals surface area contributed by atoms with Gasteiger partial charge in [0.25, 0.3) is 11.5 Å². The standard InChI is InChI=1S/C18H20ClN3O4/c1-4-22-8-6-7-13(18(22)24)17(23)21-20-11-12-9-14(19)16(25-3)15(10-12)26-5-2/h6-11H,4-5H2,1-3H3,(H,21,23)/b20-11-. The lowest BCUT2D eigenvalue weighted by Gasteiger charge is -2.11. The Hall–Kier alpha value is -2.80. The summed E-state index contributed by atoms with van der Waals surface area (Å²) in [6, 6.07) is 6.42. The summed E-state index contributed by atoms with van der Waals surface area (Å²) in [5.74, 6) is 0.321. The predicted molar refractivity (Wildman–Crippen MR) is 101 cm³/mol. The van der Waals surface area contributed by atoms with E-state index >= 15 is 0 Å². The second-order valence-electron chi connectivity index (χ2n) is 5.18. The summed E-state index contributed by atoms with van der Waals surface area (Å²) in [6.07, 6.45) is 3.03. The first-order chi connectivity index (χ1) is 12.5. The van der Waals surface area contributed by atoms with Gasteiger partial charge in [-0.2, -0.15) is 5.10 Å². The van der Waals surface area contributed by atoms with Crippen molar-refractivity contribution in [1.82, 2.24) is 9.99 Å². The van der Waals surface area contributed by atoms with Crippen LogP contribution in [0.4, 0.5) is 0 Å². The molecule has 0 saturated heterocycles. The number of ether oxygens (including phenoxy) is 2. The molecule has 2 rings (SSSR count). The van der Waals surface area contributed by atoms with Crippen LogP contribution in [-0.2, 0) is 6.54 Å². The number of hydrogen-bond acceptors (Lipinski definition) is 5. The third-order valence-corrected chi connectivity index (χ3v) is 3.80. The topological polar surface area (TPSA) is 81.9 Å². The van der Waals surface area contributed by atoms with Crippen molar-refractivity contribution in [2.24, 2.45) is 5.10 Å². The predicted octanol–water partition coefficient (Wildman–Crippen LogP) is 2.69. The fourth-order valence-electron chi connectivity index (χ4n) is 2.31. The van der Waals surface area contributed by atoms with Crippen molar-refractivity contribution in [2.45, 2.75) is 20.4 Å². The van der Waals surface area contributed by atoms with Crippen LogP contribution in [0.5, 0.6) is 11.5 Å². The maximum atomic E-state index is 12.2. The molecule has 0 fully saturated rings. The van der Waals surface area contributed by atoms with Crippen molar-refractivity contribution < 1.29 is 14.3 Å². The van der Waals surface area contributed by atoms with Crippen LogP contribution in [-0.4, -0.2) is 30.4 Å². The van der Waals surface area contributed by atoms with Crippen molar-refractivity contribution >= 4 is 23.7 Å². The number of carbonyl (C=O) groups is 1. The number of halogens is 1. The summed E-state index contributed by atoms with van der Waals surface area (Å²) in [7, 11) is 1.50. The van der Waals surface area contributed by atoms with Crippen LogP contribution in [0.1, 0.15) is 29.8 Å². The highest BCUT2D eigenvalue weighted by Gasteiger charge is 2.12. The average Bonchev–Trinajstić information content (AvgIpc) is 2.62. The maximum absolute atomic E-state index is 12.2. The lowest BCUT2D eigenvalue weighted by Crippen LogP contribution is -2.30. The van der Waals surface area contributed by atoms with Crippen LogP contribution >= 0.6 is 11.6 Å². The molecule has 138 valence electrons. The van der Waals surface area contributed by atoms with Crippen LogP contribution in [0.25, 0.3) is 0 Å². The maximum Gasteiger partial charge on any atom is 0.276 e. The molecule has 1 aromatic carbocycles. The molecule has 0 aliphatic carbocycles. The first-order valence-electron chi connectivity index (χ1n) is 8.05. The molecule has 0 atom stereocenters. The molecule has 0 aliphatic rings. The summed E-state index contributed by atoms with van der Waals surface area (Å²) < 4.78 is 12.1. The molecule has 26 heavy (non-hydrogen) atoms. The number of amides is 1. The van der Waals surface area contributed by atoms with Crippen molar-refractivity contribution in [2.75, 3.05) is 13.7 Å². The number of hydrazone groups is 1. The van der Waals surface area contributed by atoms with Crippen LogP contribution in [0, 0.1) is 0 Å². The number of pyridine rings is 1. The summed E-state index contributed by atoms with van der Waals surface area (Å²) in [5.41, 5.74) is 2.61. The van der Waals surface area contributed by atoms with Crippen LogP contribution in [0.3, 0.4) is 0 Å². The largest absolute Gasteiger partial charge is 0.491 e. The summed E-state index contributed by atoms with van der Waals surface area (Å²) in [5, 5.41) is 4.25. The first-order valence-corrected chi connectivity index (χ1v) is 8.42. The Morgan fingerprint density at radius 2 is 2.15 bits per heavy atom. The fourth-order valence-corrected chi connectivity index (χ4v) is 2.60. The van der Waals surface area contributed by atoms with E-state index in [1.807, 2.05) is 13.8 Å². The smallest absolute Gasteiger partial charge is 0.276 e. The number of methoxy groups -OCH3 is 1. The van der Waals surface area contributed by atoms with E-state index in [0.717, 1.165) is 0 Å².